The lowest BCUT2D eigenvalue weighted by atomic mass is 10.0. The molecule has 0 saturated carbocycles. The first-order valence-electron chi connectivity index (χ1n) is 5.24. The second-order valence-electron chi connectivity index (χ2n) is 3.90. The predicted octanol–water partition coefficient (Wildman–Crippen LogP) is 3.18. The molecule has 0 aromatic heterocycles. The highest BCUT2D eigenvalue weighted by molar-refractivity contribution is 6.30. The van der Waals surface area contributed by atoms with Gasteiger partial charge in [-0.05, 0) is 42.7 Å². The highest BCUT2D eigenvalue weighted by atomic mass is 35.5. The minimum atomic E-state index is 0.219. The quantitative estimate of drug-likeness (QED) is 0.806. The molecule has 2 nitrogen and oxygen atoms in total. The Balaban J connectivity index is 2.23. The molecule has 0 bridgehead atoms. The van der Waals surface area contributed by atoms with Gasteiger partial charge in [0.1, 0.15) is 5.75 Å². The monoisotopic (exact) mass is 236 g/mol. The number of ether oxygens (including phenoxy) is 1. The van der Waals surface area contributed by atoms with Gasteiger partial charge in [0.2, 0.25) is 0 Å². The smallest absolute Gasteiger partial charge is 0.155 e. The maximum Gasteiger partial charge on any atom is 0.155 e. The van der Waals surface area contributed by atoms with Crippen molar-refractivity contribution in [3.05, 3.63) is 40.4 Å². The fraction of sp³-hybridized carbons (Fsp3) is 0.308. The van der Waals surface area contributed by atoms with E-state index < -0.39 is 0 Å². The van der Waals surface area contributed by atoms with Crippen LogP contribution in [0.4, 0.5) is 0 Å². The third-order valence-electron chi connectivity index (χ3n) is 2.72. The number of benzene rings is 1. The molecule has 0 saturated heterocycles. The molecule has 0 spiro atoms. The minimum Gasteiger partial charge on any atom is -0.496 e. The third-order valence-corrected chi connectivity index (χ3v) is 2.95. The molecule has 0 fully saturated rings. The zero-order valence-electron chi connectivity index (χ0n) is 9.13. The van der Waals surface area contributed by atoms with Gasteiger partial charge in [0, 0.05) is 11.4 Å². The van der Waals surface area contributed by atoms with Crippen molar-refractivity contribution in [1.29, 1.82) is 0 Å². The van der Waals surface area contributed by atoms with Crippen molar-refractivity contribution in [2.24, 2.45) is 0 Å². The first-order valence-corrected chi connectivity index (χ1v) is 5.61. The summed E-state index contributed by atoms with van der Waals surface area (Å²) < 4.78 is 5.27. The van der Waals surface area contributed by atoms with Gasteiger partial charge >= 0.3 is 0 Å². The zero-order chi connectivity index (χ0) is 11.5. The fourth-order valence-electron chi connectivity index (χ4n) is 1.93. The molecule has 0 atom stereocenters. The van der Waals surface area contributed by atoms with E-state index in [1.807, 2.05) is 12.1 Å². The normalized spacial score (nSPS) is 15.1. The second kappa shape index (κ2) is 4.71. The molecule has 2 rings (SSSR count). The fourth-order valence-corrected chi connectivity index (χ4v) is 2.12. The number of hydrogen-bond donors (Lipinski definition) is 0. The molecule has 1 aliphatic rings. The van der Waals surface area contributed by atoms with Crippen molar-refractivity contribution in [2.75, 3.05) is 7.11 Å². The summed E-state index contributed by atoms with van der Waals surface area (Å²) >= 11 is 5.95. The van der Waals surface area contributed by atoms with Gasteiger partial charge in [-0.25, -0.2) is 0 Å². The van der Waals surface area contributed by atoms with Gasteiger partial charge in [-0.3, -0.25) is 4.79 Å². The van der Waals surface area contributed by atoms with Crippen LogP contribution in [0.1, 0.15) is 18.4 Å². The van der Waals surface area contributed by atoms with Gasteiger partial charge in [0.25, 0.3) is 0 Å². The van der Waals surface area contributed by atoms with Gasteiger partial charge in [-0.1, -0.05) is 17.2 Å². The van der Waals surface area contributed by atoms with E-state index in [0.717, 1.165) is 29.7 Å². The van der Waals surface area contributed by atoms with Gasteiger partial charge in [0.05, 0.1) is 7.11 Å². The summed E-state index contributed by atoms with van der Waals surface area (Å²) in [7, 11) is 1.64. The van der Waals surface area contributed by atoms with Crippen LogP contribution in [0.3, 0.4) is 0 Å². The molecule has 3 heteroatoms. The van der Waals surface area contributed by atoms with E-state index in [1.165, 1.54) is 0 Å². The maximum atomic E-state index is 11.1. The summed E-state index contributed by atoms with van der Waals surface area (Å²) in [6.07, 6.45) is 3.97. The van der Waals surface area contributed by atoms with Crippen LogP contribution in [-0.2, 0) is 11.2 Å². The van der Waals surface area contributed by atoms with Crippen molar-refractivity contribution < 1.29 is 9.53 Å². The number of rotatable bonds is 3. The van der Waals surface area contributed by atoms with Crippen LogP contribution in [0.15, 0.2) is 29.8 Å². The van der Waals surface area contributed by atoms with E-state index in [9.17, 15) is 4.79 Å². The van der Waals surface area contributed by atoms with E-state index in [1.54, 1.807) is 19.3 Å². The van der Waals surface area contributed by atoms with E-state index in [0.29, 0.717) is 11.4 Å². The van der Waals surface area contributed by atoms with Crippen LogP contribution in [-0.4, -0.2) is 12.9 Å². The summed E-state index contributed by atoms with van der Waals surface area (Å²) in [5.74, 6) is 1.04. The van der Waals surface area contributed by atoms with E-state index in [2.05, 4.69) is 0 Å². The van der Waals surface area contributed by atoms with Crippen molar-refractivity contribution in [3.63, 3.8) is 0 Å². The molecule has 1 aromatic rings. The summed E-state index contributed by atoms with van der Waals surface area (Å²) in [5, 5.41) is 0.695. The summed E-state index contributed by atoms with van der Waals surface area (Å²) in [6, 6.07) is 5.55. The van der Waals surface area contributed by atoms with Crippen LogP contribution in [0.25, 0.3) is 0 Å². The first-order chi connectivity index (χ1) is 7.69. The molecule has 84 valence electrons. The molecule has 0 unspecified atom stereocenters. The molecule has 0 heterocycles. The van der Waals surface area contributed by atoms with Crippen molar-refractivity contribution in [1.82, 2.24) is 0 Å². The zero-order valence-corrected chi connectivity index (χ0v) is 9.88. The summed E-state index contributed by atoms with van der Waals surface area (Å²) in [6.45, 7) is 0. The Kier molecular flexibility index (Phi) is 3.30. The number of carbonyl (C=O) groups is 1. The van der Waals surface area contributed by atoms with E-state index >= 15 is 0 Å². The molecule has 1 aromatic carbocycles. The molecule has 16 heavy (non-hydrogen) atoms. The highest BCUT2D eigenvalue weighted by Crippen LogP contribution is 2.28. The van der Waals surface area contributed by atoms with Crippen LogP contribution in [0.2, 0.25) is 5.02 Å². The Labute approximate surface area is 99.9 Å². The number of halogens is 1. The Morgan fingerprint density at radius 1 is 1.38 bits per heavy atom. The SMILES string of the molecule is COc1ccc(Cl)cc1CC1=CC(=O)CC1. The molecule has 0 radical (unpaired) electrons. The standard InChI is InChI=1S/C13H13ClO2/c1-16-13-5-3-11(14)8-10(13)6-9-2-4-12(15)7-9/h3,5,7-8H,2,4,6H2,1H3. The number of hydrogen-bond acceptors (Lipinski definition) is 2. The van der Waals surface area contributed by atoms with Gasteiger partial charge in [0.15, 0.2) is 5.78 Å². The second-order valence-corrected chi connectivity index (χ2v) is 4.34. The van der Waals surface area contributed by atoms with Crippen LogP contribution in [0.5, 0.6) is 5.75 Å². The van der Waals surface area contributed by atoms with E-state index in [4.69, 9.17) is 16.3 Å². The predicted molar refractivity (Wildman–Crippen MR) is 64.0 cm³/mol. The number of allylic oxidation sites excluding steroid dienone is 2. The molecule has 0 aliphatic heterocycles. The van der Waals surface area contributed by atoms with Crippen LogP contribution in [0, 0.1) is 0 Å². The Morgan fingerprint density at radius 3 is 2.81 bits per heavy atom. The van der Waals surface area contributed by atoms with Crippen molar-refractivity contribution >= 4 is 17.4 Å². The lowest BCUT2D eigenvalue weighted by molar-refractivity contribution is -0.114. The summed E-state index contributed by atoms with van der Waals surface area (Å²) in [5.41, 5.74) is 2.20. The Morgan fingerprint density at radius 2 is 2.19 bits per heavy atom. The molecular weight excluding hydrogens is 224 g/mol. The average Bonchev–Trinajstić information content (AvgIpc) is 2.64. The lowest BCUT2D eigenvalue weighted by Crippen LogP contribution is -1.93. The molecular formula is C13H13ClO2. The van der Waals surface area contributed by atoms with Crippen LogP contribution >= 0.6 is 11.6 Å². The number of methoxy groups -OCH3 is 1. The van der Waals surface area contributed by atoms with Crippen molar-refractivity contribution in [3.8, 4) is 5.75 Å². The molecule has 0 amide bonds. The lowest BCUT2D eigenvalue weighted by Gasteiger charge is -2.09. The third kappa shape index (κ3) is 2.45. The van der Waals surface area contributed by atoms with Gasteiger partial charge < -0.3 is 4.74 Å². The van der Waals surface area contributed by atoms with Crippen molar-refractivity contribution in [2.45, 2.75) is 19.3 Å². The molecule has 0 N–H and O–H groups in total. The van der Waals surface area contributed by atoms with Crippen LogP contribution < -0.4 is 4.74 Å². The Hall–Kier alpha value is -1.28. The topological polar surface area (TPSA) is 26.3 Å². The largest absolute Gasteiger partial charge is 0.496 e. The molecule has 1 aliphatic carbocycles. The number of ketones is 1. The number of carbonyl (C=O) groups excluding carboxylic acids is 1. The van der Waals surface area contributed by atoms with Gasteiger partial charge in [-0.2, -0.15) is 0 Å². The highest BCUT2D eigenvalue weighted by Gasteiger charge is 2.14. The first kappa shape index (κ1) is 11.2. The average molecular weight is 237 g/mol. The van der Waals surface area contributed by atoms with E-state index in [-0.39, 0.29) is 5.78 Å². The minimum absolute atomic E-state index is 0.219. The van der Waals surface area contributed by atoms with Gasteiger partial charge in [-0.15, -0.1) is 0 Å². The summed E-state index contributed by atoms with van der Waals surface area (Å²) in [4.78, 5) is 11.1. The Bertz CT molecular complexity index is 449. The maximum absolute atomic E-state index is 11.1.